The van der Waals surface area contributed by atoms with Gasteiger partial charge in [0.25, 0.3) is 5.56 Å². The molecule has 1 aromatic heterocycles. The Labute approximate surface area is 150 Å². The Bertz CT molecular complexity index is 1030. The average molecular weight is 356 g/mol. The van der Waals surface area contributed by atoms with Gasteiger partial charge in [-0.3, -0.25) is 14.9 Å². The molecule has 0 atom stereocenters. The second kappa shape index (κ2) is 6.61. The number of phenolic OH excluding ortho intramolecular Hbond substituents is 1. The highest BCUT2D eigenvalue weighted by Gasteiger charge is 2.11. The van der Waals surface area contributed by atoms with Gasteiger partial charge in [0.15, 0.2) is 0 Å². The Morgan fingerprint density at radius 1 is 1.12 bits per heavy atom. The zero-order chi connectivity index (χ0) is 18.1. The molecule has 0 aliphatic rings. The van der Waals surface area contributed by atoms with Crippen LogP contribution in [0.4, 0.5) is 5.69 Å². The molecule has 1 heterocycles. The molecule has 0 radical (unpaired) electrons. The van der Waals surface area contributed by atoms with E-state index in [0.717, 1.165) is 11.3 Å². The molecule has 6 heteroatoms. The maximum Gasteiger partial charge on any atom is 0.280 e. The molecule has 0 saturated carbocycles. The second-order valence-corrected chi connectivity index (χ2v) is 6.39. The molecule has 0 bridgehead atoms. The summed E-state index contributed by atoms with van der Waals surface area (Å²) in [6.45, 7) is 5.83. The summed E-state index contributed by atoms with van der Waals surface area (Å²) in [6.07, 6.45) is 1.44. The van der Waals surface area contributed by atoms with Crippen molar-refractivity contribution in [2.75, 3.05) is 0 Å². The number of aromatic hydroxyl groups is 1. The summed E-state index contributed by atoms with van der Waals surface area (Å²) in [6, 6.07) is 10.4. The molecule has 0 spiro atoms. The smallest absolute Gasteiger partial charge is 0.280 e. The zero-order valence-corrected chi connectivity index (χ0v) is 14.9. The van der Waals surface area contributed by atoms with E-state index in [1.807, 2.05) is 32.0 Å². The molecule has 0 unspecified atom stereocenters. The van der Waals surface area contributed by atoms with Gasteiger partial charge in [0.05, 0.1) is 11.3 Å². The van der Waals surface area contributed by atoms with Crippen LogP contribution in [-0.4, -0.2) is 21.1 Å². The standard InChI is InChI=1S/C19H18ClN3O2/c1-11-4-6-15(8-12(11)2)23-19(25)16(13(3)22-23)10-21-17-9-14(20)5-7-18(17)24/h4-10,22,24H,1-3H3. The number of aromatic nitrogens is 2. The van der Waals surface area contributed by atoms with Gasteiger partial charge in [0, 0.05) is 16.9 Å². The van der Waals surface area contributed by atoms with E-state index in [1.54, 1.807) is 13.0 Å². The van der Waals surface area contributed by atoms with E-state index in [9.17, 15) is 9.90 Å². The summed E-state index contributed by atoms with van der Waals surface area (Å²) in [4.78, 5) is 16.9. The number of halogens is 1. The normalized spacial score (nSPS) is 11.4. The van der Waals surface area contributed by atoms with Crippen molar-refractivity contribution in [1.29, 1.82) is 0 Å². The van der Waals surface area contributed by atoms with Crippen molar-refractivity contribution in [3.63, 3.8) is 0 Å². The third-order valence-corrected chi connectivity index (χ3v) is 4.37. The third kappa shape index (κ3) is 3.37. The SMILES string of the molecule is Cc1ccc(-n2[nH]c(C)c(C=Nc3cc(Cl)ccc3O)c2=O)cc1C. The minimum Gasteiger partial charge on any atom is -0.506 e. The van der Waals surface area contributed by atoms with Crippen LogP contribution >= 0.6 is 11.6 Å². The number of H-pyrrole nitrogens is 1. The molecule has 3 aromatic rings. The second-order valence-electron chi connectivity index (χ2n) is 5.95. The molecule has 2 aromatic carbocycles. The molecular weight excluding hydrogens is 338 g/mol. The summed E-state index contributed by atoms with van der Waals surface area (Å²) in [5.74, 6) is 0.00308. The van der Waals surface area contributed by atoms with Crippen LogP contribution in [0.3, 0.4) is 0 Å². The predicted molar refractivity (Wildman–Crippen MR) is 101 cm³/mol. The molecule has 3 rings (SSSR count). The van der Waals surface area contributed by atoms with Crippen LogP contribution in [0.2, 0.25) is 5.02 Å². The van der Waals surface area contributed by atoms with Crippen LogP contribution in [-0.2, 0) is 0 Å². The summed E-state index contributed by atoms with van der Waals surface area (Å²) in [5.41, 5.74) is 4.26. The first-order valence-corrected chi connectivity index (χ1v) is 8.16. The number of hydrogen-bond acceptors (Lipinski definition) is 3. The van der Waals surface area contributed by atoms with Crippen LogP contribution in [0.15, 0.2) is 46.2 Å². The fourth-order valence-corrected chi connectivity index (χ4v) is 2.66. The molecule has 5 nitrogen and oxygen atoms in total. The van der Waals surface area contributed by atoms with Crippen LogP contribution in [0.25, 0.3) is 5.69 Å². The molecule has 128 valence electrons. The van der Waals surface area contributed by atoms with E-state index in [1.165, 1.54) is 28.6 Å². The number of rotatable bonds is 3. The van der Waals surface area contributed by atoms with E-state index in [0.29, 0.717) is 22.0 Å². The zero-order valence-electron chi connectivity index (χ0n) is 14.2. The summed E-state index contributed by atoms with van der Waals surface area (Å²) in [5, 5.41) is 13.4. The highest BCUT2D eigenvalue weighted by atomic mass is 35.5. The number of phenols is 1. The van der Waals surface area contributed by atoms with Crippen molar-refractivity contribution >= 4 is 23.5 Å². The maximum atomic E-state index is 12.7. The first-order valence-electron chi connectivity index (χ1n) is 7.78. The Kier molecular flexibility index (Phi) is 4.51. The number of aryl methyl sites for hydroxylation is 3. The lowest BCUT2D eigenvalue weighted by molar-refractivity contribution is 0.477. The summed E-state index contributed by atoms with van der Waals surface area (Å²) < 4.78 is 1.49. The number of nitrogens with zero attached hydrogens (tertiary/aromatic N) is 2. The largest absolute Gasteiger partial charge is 0.506 e. The van der Waals surface area contributed by atoms with Gasteiger partial charge in [-0.15, -0.1) is 0 Å². The van der Waals surface area contributed by atoms with Gasteiger partial charge in [-0.05, 0) is 62.2 Å². The third-order valence-electron chi connectivity index (χ3n) is 4.14. The van der Waals surface area contributed by atoms with Crippen LogP contribution < -0.4 is 5.56 Å². The number of benzene rings is 2. The fourth-order valence-electron chi connectivity index (χ4n) is 2.49. The topological polar surface area (TPSA) is 70.4 Å². The minimum atomic E-state index is -0.203. The molecule has 2 N–H and O–H groups in total. The van der Waals surface area contributed by atoms with E-state index >= 15 is 0 Å². The van der Waals surface area contributed by atoms with Crippen LogP contribution in [0.5, 0.6) is 5.75 Å². The van der Waals surface area contributed by atoms with Gasteiger partial charge in [-0.2, -0.15) is 0 Å². The lowest BCUT2D eigenvalue weighted by atomic mass is 10.1. The number of aliphatic imine (C=N–C) groups is 1. The Hall–Kier alpha value is -2.79. The molecule has 0 saturated heterocycles. The maximum absolute atomic E-state index is 12.7. The van der Waals surface area contributed by atoms with Crippen LogP contribution in [0, 0.1) is 20.8 Å². The molecule has 0 fully saturated rings. The first-order chi connectivity index (χ1) is 11.9. The quantitative estimate of drug-likeness (QED) is 0.691. The van der Waals surface area contributed by atoms with Gasteiger partial charge in [-0.25, -0.2) is 4.68 Å². The highest BCUT2D eigenvalue weighted by molar-refractivity contribution is 6.30. The average Bonchev–Trinajstić information content (AvgIpc) is 2.85. The molecule has 0 amide bonds. The van der Waals surface area contributed by atoms with Gasteiger partial charge in [0.1, 0.15) is 11.4 Å². The fraction of sp³-hybridized carbons (Fsp3) is 0.158. The van der Waals surface area contributed by atoms with Crippen molar-refractivity contribution < 1.29 is 5.11 Å². The minimum absolute atomic E-state index is 0.00308. The lowest BCUT2D eigenvalue weighted by Gasteiger charge is -2.05. The molecule has 0 aliphatic carbocycles. The summed E-state index contributed by atoms with van der Waals surface area (Å²) in [7, 11) is 0. The Morgan fingerprint density at radius 3 is 2.60 bits per heavy atom. The number of aromatic amines is 1. The Balaban J connectivity index is 2.03. The van der Waals surface area contributed by atoms with Gasteiger partial charge in [-0.1, -0.05) is 17.7 Å². The van der Waals surface area contributed by atoms with E-state index in [-0.39, 0.29) is 11.3 Å². The van der Waals surface area contributed by atoms with Gasteiger partial charge in [0.2, 0.25) is 0 Å². The van der Waals surface area contributed by atoms with Crippen molar-refractivity contribution in [3.8, 4) is 11.4 Å². The first kappa shape index (κ1) is 17.0. The van der Waals surface area contributed by atoms with E-state index in [2.05, 4.69) is 10.1 Å². The number of hydrogen-bond donors (Lipinski definition) is 2. The molecule has 25 heavy (non-hydrogen) atoms. The number of nitrogens with one attached hydrogen (secondary N) is 1. The molecular formula is C19H18ClN3O2. The van der Waals surface area contributed by atoms with Crippen molar-refractivity contribution in [2.45, 2.75) is 20.8 Å². The van der Waals surface area contributed by atoms with E-state index < -0.39 is 0 Å². The Morgan fingerprint density at radius 2 is 1.88 bits per heavy atom. The van der Waals surface area contributed by atoms with Crippen LogP contribution in [0.1, 0.15) is 22.4 Å². The van der Waals surface area contributed by atoms with Gasteiger partial charge < -0.3 is 5.11 Å². The van der Waals surface area contributed by atoms with Crippen molar-refractivity contribution in [3.05, 3.63) is 74.2 Å². The van der Waals surface area contributed by atoms with Crippen molar-refractivity contribution in [1.82, 2.24) is 9.78 Å². The summed E-state index contributed by atoms with van der Waals surface area (Å²) >= 11 is 5.92. The van der Waals surface area contributed by atoms with E-state index in [4.69, 9.17) is 11.6 Å². The molecule has 0 aliphatic heterocycles. The van der Waals surface area contributed by atoms with Gasteiger partial charge >= 0.3 is 0 Å². The predicted octanol–water partition coefficient (Wildman–Crippen LogP) is 4.20. The lowest BCUT2D eigenvalue weighted by Crippen LogP contribution is -2.17. The highest BCUT2D eigenvalue weighted by Crippen LogP contribution is 2.29. The monoisotopic (exact) mass is 355 g/mol. The van der Waals surface area contributed by atoms with Crippen molar-refractivity contribution in [2.24, 2.45) is 4.99 Å².